The molecule has 2 aromatic rings. The number of carbonyl (C=O) groups excluding carboxylic acids is 1. The van der Waals surface area contributed by atoms with Crippen LogP contribution in [0.3, 0.4) is 0 Å². The number of nitrogens with one attached hydrogen (secondary N) is 1. The molecule has 24 heavy (non-hydrogen) atoms. The van der Waals surface area contributed by atoms with Crippen LogP contribution in [-0.4, -0.2) is 24.0 Å². The van der Waals surface area contributed by atoms with Gasteiger partial charge in [0.25, 0.3) is 0 Å². The highest BCUT2D eigenvalue weighted by atomic mass is 35.5. The van der Waals surface area contributed by atoms with Crippen molar-refractivity contribution >= 4 is 23.1 Å². The number of ketones is 1. The van der Waals surface area contributed by atoms with Crippen molar-refractivity contribution in [2.24, 2.45) is 0 Å². The Balaban J connectivity index is 2.15. The van der Waals surface area contributed by atoms with Gasteiger partial charge in [0.1, 0.15) is 5.75 Å². The predicted molar refractivity (Wildman–Crippen MR) is 99.7 cm³/mol. The number of aromatic nitrogens is 1. The molecule has 4 nitrogen and oxygen atoms in total. The highest BCUT2D eigenvalue weighted by molar-refractivity contribution is 6.32. The lowest BCUT2D eigenvalue weighted by Gasteiger charge is -2.25. The summed E-state index contributed by atoms with van der Waals surface area (Å²) in [5, 5.41) is 3.65. The van der Waals surface area contributed by atoms with Crippen molar-refractivity contribution in [3.8, 4) is 5.75 Å². The van der Waals surface area contributed by atoms with Gasteiger partial charge >= 0.3 is 0 Å². The van der Waals surface area contributed by atoms with E-state index in [4.69, 9.17) is 16.3 Å². The summed E-state index contributed by atoms with van der Waals surface area (Å²) in [6.45, 7) is 10.7. The van der Waals surface area contributed by atoms with Crippen molar-refractivity contribution in [3.63, 3.8) is 0 Å². The number of aryl methyl sites for hydroxylation is 1. The Bertz CT molecular complexity index is 757. The first kappa shape index (κ1) is 18.4. The molecule has 0 amide bonds. The van der Waals surface area contributed by atoms with Crippen molar-refractivity contribution < 1.29 is 9.53 Å². The maximum atomic E-state index is 12.6. The van der Waals surface area contributed by atoms with Crippen molar-refractivity contribution in [1.82, 2.24) is 4.57 Å². The predicted octanol–water partition coefficient (Wildman–Crippen LogP) is 4.82. The summed E-state index contributed by atoms with van der Waals surface area (Å²) in [4.78, 5) is 12.6. The molecule has 0 fully saturated rings. The number of nitrogens with zero attached hydrogens (tertiary/aromatic N) is 1. The van der Waals surface area contributed by atoms with E-state index in [1.54, 1.807) is 19.2 Å². The third kappa shape index (κ3) is 3.75. The molecule has 0 saturated carbocycles. The van der Waals surface area contributed by atoms with Crippen LogP contribution in [-0.2, 0) is 5.54 Å². The lowest BCUT2D eigenvalue weighted by Crippen LogP contribution is -2.24. The SMILES string of the molecule is COc1ccc(NCC(=O)c2cc(C)n(C(C)(C)C)c2C)cc1Cl. The minimum absolute atomic E-state index is 0.0520. The van der Waals surface area contributed by atoms with Gasteiger partial charge in [-0.15, -0.1) is 0 Å². The van der Waals surface area contributed by atoms with Crippen molar-refractivity contribution in [2.45, 2.75) is 40.2 Å². The summed E-state index contributed by atoms with van der Waals surface area (Å²) < 4.78 is 7.33. The van der Waals surface area contributed by atoms with Gasteiger partial charge in [-0.05, 0) is 58.9 Å². The first-order valence-electron chi connectivity index (χ1n) is 7.95. The average Bonchev–Trinajstić information content (AvgIpc) is 2.79. The molecular weight excluding hydrogens is 324 g/mol. The Kier molecular flexibility index (Phi) is 5.29. The monoisotopic (exact) mass is 348 g/mol. The minimum atomic E-state index is -0.0520. The number of halogens is 1. The van der Waals surface area contributed by atoms with Crippen LogP contribution in [0, 0.1) is 13.8 Å². The number of Topliss-reactive ketones (excluding diaryl/α,β-unsaturated/α-hetero) is 1. The Morgan fingerprint density at radius 2 is 1.92 bits per heavy atom. The summed E-state index contributed by atoms with van der Waals surface area (Å²) in [5.41, 5.74) is 3.59. The molecule has 0 saturated heterocycles. The molecule has 5 heteroatoms. The van der Waals surface area contributed by atoms with E-state index >= 15 is 0 Å². The Morgan fingerprint density at radius 1 is 1.25 bits per heavy atom. The topological polar surface area (TPSA) is 43.3 Å². The number of hydrogen-bond acceptors (Lipinski definition) is 3. The average molecular weight is 349 g/mol. The molecule has 0 aliphatic rings. The second kappa shape index (κ2) is 6.89. The molecule has 0 aliphatic heterocycles. The van der Waals surface area contributed by atoms with Gasteiger partial charge in [-0.2, -0.15) is 0 Å². The Morgan fingerprint density at radius 3 is 2.42 bits per heavy atom. The lowest BCUT2D eigenvalue weighted by molar-refractivity contribution is 0.101. The van der Waals surface area contributed by atoms with Gasteiger partial charge in [-0.25, -0.2) is 0 Å². The lowest BCUT2D eigenvalue weighted by atomic mass is 10.1. The smallest absolute Gasteiger partial charge is 0.183 e. The third-order valence-electron chi connectivity index (χ3n) is 4.01. The van der Waals surface area contributed by atoms with Crippen LogP contribution in [0.15, 0.2) is 24.3 Å². The molecule has 130 valence electrons. The summed E-state index contributed by atoms with van der Waals surface area (Å²) in [5.74, 6) is 0.674. The van der Waals surface area contributed by atoms with Crippen LogP contribution in [0.5, 0.6) is 5.75 Å². The third-order valence-corrected chi connectivity index (χ3v) is 4.30. The largest absolute Gasteiger partial charge is 0.495 e. The van der Waals surface area contributed by atoms with Gasteiger partial charge in [0, 0.05) is 28.2 Å². The second-order valence-corrected chi connectivity index (χ2v) is 7.32. The van der Waals surface area contributed by atoms with E-state index < -0.39 is 0 Å². The van der Waals surface area contributed by atoms with Crippen LogP contribution in [0.1, 0.15) is 42.5 Å². The van der Waals surface area contributed by atoms with Crippen LogP contribution in [0.4, 0.5) is 5.69 Å². The molecular formula is C19H25ClN2O2. The van der Waals surface area contributed by atoms with E-state index in [-0.39, 0.29) is 17.9 Å². The van der Waals surface area contributed by atoms with E-state index in [1.807, 2.05) is 26.0 Å². The summed E-state index contributed by atoms with van der Waals surface area (Å²) in [6.07, 6.45) is 0. The molecule has 1 aromatic carbocycles. The molecule has 1 N–H and O–H groups in total. The molecule has 0 unspecified atom stereocenters. The zero-order valence-corrected chi connectivity index (χ0v) is 15.9. The van der Waals surface area contributed by atoms with E-state index in [2.05, 4.69) is 30.7 Å². The number of ether oxygens (including phenoxy) is 1. The molecule has 1 aromatic heterocycles. The molecule has 0 radical (unpaired) electrons. The van der Waals surface area contributed by atoms with Gasteiger partial charge in [-0.3, -0.25) is 4.79 Å². The number of carbonyl (C=O) groups is 1. The molecule has 1 heterocycles. The summed E-state index contributed by atoms with van der Waals surface area (Å²) >= 11 is 6.11. The van der Waals surface area contributed by atoms with E-state index in [0.717, 1.165) is 22.6 Å². The molecule has 0 bridgehead atoms. The maximum absolute atomic E-state index is 12.6. The number of anilines is 1. The quantitative estimate of drug-likeness (QED) is 0.788. The van der Waals surface area contributed by atoms with Crippen molar-refractivity contribution in [3.05, 3.63) is 46.2 Å². The highest BCUT2D eigenvalue weighted by Gasteiger charge is 2.22. The number of benzene rings is 1. The Hall–Kier alpha value is -1.94. The first-order valence-corrected chi connectivity index (χ1v) is 8.33. The normalized spacial score (nSPS) is 11.5. The molecule has 2 rings (SSSR count). The highest BCUT2D eigenvalue weighted by Crippen LogP contribution is 2.28. The summed E-state index contributed by atoms with van der Waals surface area (Å²) in [7, 11) is 1.57. The van der Waals surface area contributed by atoms with Gasteiger partial charge in [0.05, 0.1) is 18.7 Å². The van der Waals surface area contributed by atoms with E-state index in [9.17, 15) is 4.79 Å². The number of hydrogen-bond donors (Lipinski definition) is 1. The molecule has 0 spiro atoms. The number of methoxy groups -OCH3 is 1. The second-order valence-electron chi connectivity index (χ2n) is 6.92. The zero-order valence-electron chi connectivity index (χ0n) is 15.2. The first-order chi connectivity index (χ1) is 11.1. The van der Waals surface area contributed by atoms with E-state index in [1.165, 1.54) is 0 Å². The Labute approximate surface area is 148 Å². The fraction of sp³-hybridized carbons (Fsp3) is 0.421. The van der Waals surface area contributed by atoms with E-state index in [0.29, 0.717) is 10.8 Å². The van der Waals surface area contributed by atoms with Crippen molar-refractivity contribution in [2.75, 3.05) is 19.0 Å². The standard InChI is InChI=1S/C19H25ClN2O2/c1-12-9-15(13(2)22(12)19(3,4)5)17(23)11-21-14-7-8-18(24-6)16(20)10-14/h7-10,21H,11H2,1-6H3. The van der Waals surface area contributed by atoms with Gasteiger partial charge in [0.15, 0.2) is 5.78 Å². The van der Waals surface area contributed by atoms with Crippen LogP contribution < -0.4 is 10.1 Å². The molecule has 0 aliphatic carbocycles. The number of rotatable bonds is 5. The van der Waals surface area contributed by atoms with Gasteiger partial charge < -0.3 is 14.6 Å². The summed E-state index contributed by atoms with van der Waals surface area (Å²) in [6, 6.07) is 7.34. The van der Waals surface area contributed by atoms with Crippen LogP contribution in [0.2, 0.25) is 5.02 Å². The van der Waals surface area contributed by atoms with Gasteiger partial charge in [0.2, 0.25) is 0 Å². The molecule has 0 atom stereocenters. The minimum Gasteiger partial charge on any atom is -0.495 e. The zero-order chi connectivity index (χ0) is 18.1. The fourth-order valence-corrected chi connectivity index (χ4v) is 3.39. The van der Waals surface area contributed by atoms with Crippen LogP contribution in [0.25, 0.3) is 0 Å². The fourth-order valence-electron chi connectivity index (χ4n) is 3.13. The van der Waals surface area contributed by atoms with Crippen molar-refractivity contribution in [1.29, 1.82) is 0 Å². The maximum Gasteiger partial charge on any atom is 0.183 e. The van der Waals surface area contributed by atoms with Gasteiger partial charge in [-0.1, -0.05) is 11.6 Å². The van der Waals surface area contributed by atoms with Crippen LogP contribution >= 0.6 is 11.6 Å².